The van der Waals surface area contributed by atoms with Crippen LogP contribution in [0.15, 0.2) is 35.0 Å². The van der Waals surface area contributed by atoms with E-state index in [9.17, 15) is 4.79 Å². The van der Waals surface area contributed by atoms with Gasteiger partial charge in [0.25, 0.3) is 0 Å². The van der Waals surface area contributed by atoms with E-state index in [4.69, 9.17) is 15.2 Å². The molecule has 4 heterocycles. The van der Waals surface area contributed by atoms with Crippen molar-refractivity contribution in [1.29, 1.82) is 0 Å². The van der Waals surface area contributed by atoms with E-state index in [0.717, 1.165) is 35.5 Å². The molecule has 1 saturated heterocycles. The summed E-state index contributed by atoms with van der Waals surface area (Å²) < 4.78 is 5.09. The van der Waals surface area contributed by atoms with Gasteiger partial charge in [-0.05, 0) is 50.1 Å². The fourth-order valence-electron chi connectivity index (χ4n) is 3.69. The molecule has 0 bridgehead atoms. The number of carbonyl (C=O) groups excluding carboxylic acids is 1. The molecule has 8 heteroatoms. The minimum absolute atomic E-state index is 0.110. The molecular weight excluding hydrogens is 368 g/mol. The second-order valence-corrected chi connectivity index (χ2v) is 7.45. The van der Waals surface area contributed by atoms with Crippen molar-refractivity contribution in [1.82, 2.24) is 25.0 Å². The molecule has 1 fully saturated rings. The van der Waals surface area contributed by atoms with Gasteiger partial charge >= 0.3 is 0 Å². The van der Waals surface area contributed by atoms with E-state index < -0.39 is 0 Å². The van der Waals surface area contributed by atoms with Crippen molar-refractivity contribution in [3.63, 3.8) is 0 Å². The summed E-state index contributed by atoms with van der Waals surface area (Å²) in [5.74, 6) is 1.93. The smallest absolute Gasteiger partial charge is 0.227 e. The normalized spacial score (nSPS) is 16.3. The van der Waals surface area contributed by atoms with Crippen molar-refractivity contribution in [2.75, 3.05) is 18.8 Å². The molecule has 3 aromatic rings. The van der Waals surface area contributed by atoms with Crippen LogP contribution in [0, 0.1) is 13.8 Å². The highest BCUT2D eigenvalue weighted by Crippen LogP contribution is 2.30. The third-order valence-corrected chi connectivity index (χ3v) is 5.17. The fourth-order valence-corrected chi connectivity index (χ4v) is 3.69. The number of pyridine rings is 2. The average Bonchev–Trinajstić information content (AvgIpc) is 3.35. The van der Waals surface area contributed by atoms with Gasteiger partial charge in [-0.2, -0.15) is 4.98 Å². The minimum atomic E-state index is 0.110. The first kappa shape index (κ1) is 19.0. The second-order valence-electron chi connectivity index (χ2n) is 7.45. The topological polar surface area (TPSA) is 111 Å². The molecule has 2 N–H and O–H groups in total. The van der Waals surface area contributed by atoms with Gasteiger partial charge in [-0.15, -0.1) is 0 Å². The number of hydrogen-bond donors (Lipinski definition) is 1. The van der Waals surface area contributed by atoms with Crippen molar-refractivity contribution >= 4 is 11.7 Å². The molecular formula is C21H24N6O2. The molecule has 0 radical (unpaired) electrons. The zero-order valence-corrected chi connectivity index (χ0v) is 16.6. The number of nitrogens with zero attached hydrogens (tertiary/aromatic N) is 5. The highest BCUT2D eigenvalue weighted by Gasteiger charge is 2.28. The third kappa shape index (κ3) is 4.42. The fraction of sp³-hybridized carbons (Fsp3) is 0.381. The van der Waals surface area contributed by atoms with Crippen molar-refractivity contribution in [3.8, 4) is 11.1 Å². The molecule has 0 aromatic carbocycles. The molecule has 0 unspecified atom stereocenters. The summed E-state index contributed by atoms with van der Waals surface area (Å²) in [6, 6.07) is 7.90. The van der Waals surface area contributed by atoms with Gasteiger partial charge in [-0.25, -0.2) is 4.98 Å². The first-order valence-corrected chi connectivity index (χ1v) is 9.75. The number of aryl methyl sites for hydroxylation is 3. The van der Waals surface area contributed by atoms with E-state index in [1.807, 2.05) is 24.0 Å². The molecule has 29 heavy (non-hydrogen) atoms. The van der Waals surface area contributed by atoms with Gasteiger partial charge in [0, 0.05) is 55.0 Å². The van der Waals surface area contributed by atoms with Crippen LogP contribution in [-0.4, -0.2) is 44.0 Å². The Morgan fingerprint density at radius 1 is 1.24 bits per heavy atom. The van der Waals surface area contributed by atoms with Gasteiger partial charge in [0.15, 0.2) is 5.82 Å². The monoisotopic (exact) mass is 392 g/mol. The summed E-state index contributed by atoms with van der Waals surface area (Å²) in [5.41, 5.74) is 9.73. The quantitative estimate of drug-likeness (QED) is 0.710. The number of nitrogens with two attached hydrogens (primary N) is 1. The molecule has 1 amide bonds. The van der Waals surface area contributed by atoms with Gasteiger partial charge in [-0.1, -0.05) is 5.16 Å². The maximum absolute atomic E-state index is 12.6. The zero-order chi connectivity index (χ0) is 20.4. The van der Waals surface area contributed by atoms with Gasteiger partial charge < -0.3 is 15.2 Å². The molecule has 0 spiro atoms. The number of aromatic nitrogens is 4. The summed E-state index contributed by atoms with van der Waals surface area (Å²) in [5, 5.41) is 3.76. The second kappa shape index (κ2) is 7.98. The van der Waals surface area contributed by atoms with Crippen molar-refractivity contribution in [2.24, 2.45) is 0 Å². The molecule has 0 aliphatic carbocycles. The van der Waals surface area contributed by atoms with E-state index in [0.29, 0.717) is 36.9 Å². The van der Waals surface area contributed by atoms with E-state index in [-0.39, 0.29) is 11.8 Å². The Labute approximate surface area is 169 Å². The standard InChI is InChI=1S/C21H24N6O2/c1-13-9-17(15-3-4-19(22)23-11-15)10-18(24-13)16-7-8-27(12-16)21(28)6-5-20-25-14(2)26-29-20/h3-4,9-11,16H,5-8,12H2,1-2H3,(H2,22,23)/t16-/m1/s1. The van der Waals surface area contributed by atoms with Crippen LogP contribution in [0.3, 0.4) is 0 Å². The highest BCUT2D eigenvalue weighted by molar-refractivity contribution is 5.76. The van der Waals surface area contributed by atoms with Crippen LogP contribution >= 0.6 is 0 Å². The lowest BCUT2D eigenvalue weighted by molar-refractivity contribution is -0.130. The Morgan fingerprint density at radius 2 is 2.10 bits per heavy atom. The van der Waals surface area contributed by atoms with Crippen LogP contribution in [0.5, 0.6) is 0 Å². The van der Waals surface area contributed by atoms with E-state index in [2.05, 4.69) is 21.2 Å². The predicted molar refractivity (Wildman–Crippen MR) is 108 cm³/mol. The highest BCUT2D eigenvalue weighted by atomic mass is 16.5. The summed E-state index contributed by atoms with van der Waals surface area (Å²) in [6.45, 7) is 5.17. The molecule has 1 aliphatic rings. The van der Waals surface area contributed by atoms with Crippen LogP contribution in [0.4, 0.5) is 5.82 Å². The molecule has 3 aromatic heterocycles. The van der Waals surface area contributed by atoms with Crippen LogP contribution in [0.1, 0.15) is 41.9 Å². The zero-order valence-electron chi connectivity index (χ0n) is 16.6. The number of rotatable bonds is 5. The molecule has 1 aliphatic heterocycles. The maximum atomic E-state index is 12.6. The molecule has 150 valence electrons. The maximum Gasteiger partial charge on any atom is 0.227 e. The van der Waals surface area contributed by atoms with Crippen molar-refractivity contribution in [3.05, 3.63) is 53.6 Å². The minimum Gasteiger partial charge on any atom is -0.384 e. The van der Waals surface area contributed by atoms with E-state index in [1.165, 1.54) is 0 Å². The first-order valence-electron chi connectivity index (χ1n) is 9.75. The molecule has 1 atom stereocenters. The molecule has 8 nitrogen and oxygen atoms in total. The molecule has 0 saturated carbocycles. The van der Waals surface area contributed by atoms with Gasteiger partial charge in [0.05, 0.1) is 0 Å². The number of amides is 1. The van der Waals surface area contributed by atoms with Gasteiger partial charge in [0.2, 0.25) is 11.8 Å². The lowest BCUT2D eigenvalue weighted by Gasteiger charge is -2.16. The summed E-state index contributed by atoms with van der Waals surface area (Å²) in [6.07, 6.45) is 3.52. The predicted octanol–water partition coefficient (Wildman–Crippen LogP) is 2.67. The summed E-state index contributed by atoms with van der Waals surface area (Å²) >= 11 is 0. The number of nitrogen functional groups attached to an aromatic ring is 1. The average molecular weight is 392 g/mol. The van der Waals surface area contributed by atoms with Crippen LogP contribution in [0.25, 0.3) is 11.1 Å². The Hall–Kier alpha value is -3.29. The summed E-state index contributed by atoms with van der Waals surface area (Å²) in [4.78, 5) is 27.6. The lowest BCUT2D eigenvalue weighted by atomic mass is 9.99. The largest absolute Gasteiger partial charge is 0.384 e. The SMILES string of the molecule is Cc1cc(-c2ccc(N)nc2)cc([C@@H]2CCN(C(=O)CCc3nc(C)no3)C2)n1. The van der Waals surface area contributed by atoms with Crippen molar-refractivity contribution in [2.45, 2.75) is 39.0 Å². The summed E-state index contributed by atoms with van der Waals surface area (Å²) in [7, 11) is 0. The Bertz CT molecular complexity index is 1010. The first-order chi connectivity index (χ1) is 14.0. The molecule has 4 rings (SSSR count). The Balaban J connectivity index is 1.43. The number of likely N-dealkylation sites (tertiary alicyclic amines) is 1. The number of hydrogen-bond acceptors (Lipinski definition) is 7. The van der Waals surface area contributed by atoms with Crippen LogP contribution < -0.4 is 5.73 Å². The van der Waals surface area contributed by atoms with Crippen LogP contribution in [-0.2, 0) is 11.2 Å². The Morgan fingerprint density at radius 3 is 2.83 bits per heavy atom. The number of carbonyl (C=O) groups is 1. The van der Waals surface area contributed by atoms with Gasteiger partial charge in [-0.3, -0.25) is 9.78 Å². The van der Waals surface area contributed by atoms with Crippen molar-refractivity contribution < 1.29 is 9.32 Å². The lowest BCUT2D eigenvalue weighted by Crippen LogP contribution is -2.28. The third-order valence-electron chi connectivity index (χ3n) is 5.17. The Kier molecular flexibility index (Phi) is 5.24. The van der Waals surface area contributed by atoms with E-state index >= 15 is 0 Å². The van der Waals surface area contributed by atoms with E-state index in [1.54, 1.807) is 19.2 Å². The number of anilines is 1. The van der Waals surface area contributed by atoms with Gasteiger partial charge in [0.1, 0.15) is 5.82 Å². The van der Waals surface area contributed by atoms with Crippen LogP contribution in [0.2, 0.25) is 0 Å².